The van der Waals surface area contributed by atoms with Crippen molar-refractivity contribution in [2.45, 2.75) is 62.6 Å². The third-order valence-corrected chi connectivity index (χ3v) is 7.93. The Hall–Kier alpha value is -4.54. The molecule has 0 saturated carbocycles. The highest BCUT2D eigenvalue weighted by Gasteiger charge is 2.49. The summed E-state index contributed by atoms with van der Waals surface area (Å²) >= 11 is 0. The third kappa shape index (κ3) is 7.50. The summed E-state index contributed by atoms with van der Waals surface area (Å²) < 4.78 is 39.3. The minimum Gasteiger partial charge on any atom is -0.354 e. The van der Waals surface area contributed by atoms with Gasteiger partial charge < -0.3 is 16.0 Å². The predicted molar refractivity (Wildman–Crippen MR) is 161 cm³/mol. The molecule has 2 aliphatic carbocycles. The molecule has 0 bridgehead atoms. The predicted octanol–water partition coefficient (Wildman–Crippen LogP) is 4.69. The smallest absolute Gasteiger partial charge is 0.354 e. The normalized spacial score (nSPS) is 15.3. The second kappa shape index (κ2) is 14.3. The molecule has 4 amide bonds. The van der Waals surface area contributed by atoms with Crippen LogP contribution in [-0.2, 0) is 24.6 Å². The fourth-order valence-corrected chi connectivity index (χ4v) is 5.79. The fraction of sp³-hybridized carbons (Fsp3) is 0.364. The monoisotopic (exact) mass is 608 g/mol. The van der Waals surface area contributed by atoms with Gasteiger partial charge in [-0.3, -0.25) is 19.2 Å². The molecule has 0 saturated heterocycles. The number of carbonyl (C=O) groups is 4. The number of halogens is 3. The number of benzene rings is 2. The summed E-state index contributed by atoms with van der Waals surface area (Å²) in [6.07, 6.45) is 3.05. The molecule has 8 nitrogen and oxygen atoms in total. The molecular formula is C33H35F3N4O4. The van der Waals surface area contributed by atoms with E-state index in [2.05, 4.69) is 27.7 Å². The molecule has 0 aromatic heterocycles. The van der Waals surface area contributed by atoms with Gasteiger partial charge in [-0.15, -0.1) is 0 Å². The lowest BCUT2D eigenvalue weighted by molar-refractivity contribution is -0.141. The van der Waals surface area contributed by atoms with Gasteiger partial charge in [-0.1, -0.05) is 66.8 Å². The van der Waals surface area contributed by atoms with E-state index in [0.29, 0.717) is 42.4 Å². The van der Waals surface area contributed by atoms with Gasteiger partial charge in [-0.25, -0.2) is 4.99 Å². The fourth-order valence-electron chi connectivity index (χ4n) is 5.79. The van der Waals surface area contributed by atoms with Crippen molar-refractivity contribution >= 4 is 30.3 Å². The van der Waals surface area contributed by atoms with E-state index in [4.69, 9.17) is 0 Å². The van der Waals surface area contributed by atoms with Crippen molar-refractivity contribution in [2.75, 3.05) is 13.1 Å². The number of hydrogen-bond donors (Lipinski definition) is 3. The largest absolute Gasteiger partial charge is 0.405 e. The molecule has 2 aromatic rings. The Balaban J connectivity index is 1.44. The lowest BCUT2D eigenvalue weighted by Gasteiger charge is -2.31. The molecule has 4 rings (SSSR count). The first kappa shape index (κ1) is 32.4. The third-order valence-electron chi connectivity index (χ3n) is 7.93. The second-order valence-electron chi connectivity index (χ2n) is 10.8. The van der Waals surface area contributed by atoms with Crippen LogP contribution in [-0.4, -0.2) is 55.7 Å². The topological polar surface area (TPSA) is 117 Å². The van der Waals surface area contributed by atoms with E-state index in [1.807, 2.05) is 30.3 Å². The average Bonchev–Trinajstić information content (AvgIpc) is 3.32. The van der Waals surface area contributed by atoms with Gasteiger partial charge >= 0.3 is 6.18 Å². The number of aliphatic imine (C=N–C) groups is 1. The van der Waals surface area contributed by atoms with Crippen LogP contribution in [0.5, 0.6) is 0 Å². The molecule has 2 aromatic carbocycles. The van der Waals surface area contributed by atoms with E-state index in [1.165, 1.54) is 0 Å². The van der Waals surface area contributed by atoms with Gasteiger partial charge in [0.1, 0.15) is 18.0 Å². The Labute approximate surface area is 253 Å². The van der Waals surface area contributed by atoms with Crippen molar-refractivity contribution in [3.8, 4) is 11.1 Å². The Morgan fingerprint density at radius 3 is 2.20 bits per heavy atom. The SMILES string of the molecule is C=NC(=O)CCC(NC(=O)C1=CC=CCC1)C(=O)NCCCCC1(C(=O)NCC(F)(F)F)c2ccccc2-c2ccccc21. The van der Waals surface area contributed by atoms with Crippen LogP contribution in [0, 0.1) is 0 Å². The maximum absolute atomic E-state index is 13.6. The average molecular weight is 609 g/mol. The second-order valence-corrected chi connectivity index (χ2v) is 10.8. The highest BCUT2D eigenvalue weighted by molar-refractivity contribution is 6.00. The van der Waals surface area contributed by atoms with Crippen LogP contribution >= 0.6 is 0 Å². The van der Waals surface area contributed by atoms with Crippen molar-refractivity contribution < 1.29 is 32.3 Å². The maximum Gasteiger partial charge on any atom is 0.405 e. The van der Waals surface area contributed by atoms with Crippen LogP contribution in [0.1, 0.15) is 56.1 Å². The zero-order chi connectivity index (χ0) is 31.7. The Kier molecular flexibility index (Phi) is 10.5. The van der Waals surface area contributed by atoms with Crippen molar-refractivity contribution in [3.63, 3.8) is 0 Å². The molecular weight excluding hydrogens is 573 g/mol. The van der Waals surface area contributed by atoms with Gasteiger partial charge in [0, 0.05) is 18.5 Å². The number of amides is 4. The van der Waals surface area contributed by atoms with Crippen LogP contribution < -0.4 is 16.0 Å². The first-order valence-corrected chi connectivity index (χ1v) is 14.5. The minimum absolute atomic E-state index is 0.0363. The number of hydrogen-bond acceptors (Lipinski definition) is 4. The van der Waals surface area contributed by atoms with Crippen molar-refractivity contribution in [1.82, 2.24) is 16.0 Å². The van der Waals surface area contributed by atoms with Crippen LogP contribution in [0.4, 0.5) is 13.2 Å². The van der Waals surface area contributed by atoms with Crippen LogP contribution in [0.15, 0.2) is 77.3 Å². The lowest BCUT2D eigenvalue weighted by Crippen LogP contribution is -2.48. The Morgan fingerprint density at radius 1 is 0.955 bits per heavy atom. The maximum atomic E-state index is 13.6. The zero-order valence-electron chi connectivity index (χ0n) is 24.2. The molecule has 0 spiro atoms. The number of rotatable bonds is 13. The molecule has 44 heavy (non-hydrogen) atoms. The van der Waals surface area contributed by atoms with Gasteiger partial charge in [0.15, 0.2) is 0 Å². The number of alkyl halides is 3. The van der Waals surface area contributed by atoms with Crippen LogP contribution in [0.25, 0.3) is 11.1 Å². The van der Waals surface area contributed by atoms with Crippen molar-refractivity contribution in [1.29, 1.82) is 0 Å². The van der Waals surface area contributed by atoms with Gasteiger partial charge in [0.25, 0.3) is 0 Å². The standard InChI is InChI=1S/C33H35F3N4O4/c1-37-28(41)18-17-27(40-29(42)22-11-3-2-4-12-22)30(43)38-20-10-9-19-32(31(44)39-21-33(34,35)36)25-15-7-5-13-23(25)24-14-6-8-16-26(24)32/h2-3,5-8,11,13-16,27H,1,4,9-10,12,17-21H2,(H,38,43)(H,39,44)(H,40,42). The molecule has 1 atom stereocenters. The molecule has 232 valence electrons. The van der Waals surface area contributed by atoms with Gasteiger partial charge in [-0.05, 0) is 67.5 Å². The van der Waals surface area contributed by atoms with Crippen molar-refractivity contribution in [3.05, 3.63) is 83.5 Å². The minimum atomic E-state index is -4.57. The van der Waals surface area contributed by atoms with Gasteiger partial charge in [0.05, 0.1) is 0 Å². The first-order chi connectivity index (χ1) is 21.1. The number of carbonyl (C=O) groups excluding carboxylic acids is 4. The number of fused-ring (bicyclic) bond motifs is 3. The molecule has 3 N–H and O–H groups in total. The molecule has 1 unspecified atom stereocenters. The number of unbranched alkanes of at least 4 members (excludes halogenated alkanes) is 1. The Bertz CT molecular complexity index is 1440. The van der Waals surface area contributed by atoms with E-state index >= 15 is 0 Å². The summed E-state index contributed by atoms with van der Waals surface area (Å²) in [5.74, 6) is -2.09. The van der Waals surface area contributed by atoms with E-state index in [1.54, 1.807) is 36.4 Å². The summed E-state index contributed by atoms with van der Waals surface area (Å²) in [6.45, 7) is 1.94. The highest BCUT2D eigenvalue weighted by Crippen LogP contribution is 2.51. The van der Waals surface area contributed by atoms with Crippen LogP contribution in [0.2, 0.25) is 0 Å². The van der Waals surface area contributed by atoms with E-state index in [9.17, 15) is 32.3 Å². The summed E-state index contributed by atoms with van der Waals surface area (Å²) in [5, 5.41) is 7.61. The molecule has 0 fully saturated rings. The van der Waals surface area contributed by atoms with E-state index in [0.717, 1.165) is 11.1 Å². The summed E-state index contributed by atoms with van der Waals surface area (Å²) in [5.41, 5.74) is 2.07. The Morgan fingerprint density at radius 2 is 1.61 bits per heavy atom. The molecule has 2 aliphatic rings. The van der Waals surface area contributed by atoms with Gasteiger partial charge in [0.2, 0.25) is 23.6 Å². The number of allylic oxidation sites excluding steroid dienone is 3. The first-order valence-electron chi connectivity index (χ1n) is 14.5. The van der Waals surface area contributed by atoms with Crippen molar-refractivity contribution in [2.24, 2.45) is 4.99 Å². The number of nitrogens with zero attached hydrogens (tertiary/aromatic N) is 1. The summed E-state index contributed by atoms with van der Waals surface area (Å²) in [6, 6.07) is 13.4. The lowest BCUT2D eigenvalue weighted by atomic mass is 9.73. The molecule has 0 aliphatic heterocycles. The molecule has 0 heterocycles. The van der Waals surface area contributed by atoms with E-state index < -0.39 is 41.9 Å². The van der Waals surface area contributed by atoms with E-state index in [-0.39, 0.29) is 31.7 Å². The number of nitrogens with one attached hydrogen (secondary N) is 3. The highest BCUT2D eigenvalue weighted by atomic mass is 19.4. The zero-order valence-corrected chi connectivity index (χ0v) is 24.2. The van der Waals surface area contributed by atoms with Crippen LogP contribution in [0.3, 0.4) is 0 Å². The summed E-state index contributed by atoms with van der Waals surface area (Å²) in [4.78, 5) is 54.5. The molecule has 11 heteroatoms. The quantitative estimate of drug-likeness (QED) is 0.226. The molecule has 0 radical (unpaired) electrons. The summed E-state index contributed by atoms with van der Waals surface area (Å²) in [7, 11) is 0. The van der Waals surface area contributed by atoms with Gasteiger partial charge in [-0.2, -0.15) is 13.2 Å².